The van der Waals surface area contributed by atoms with E-state index in [2.05, 4.69) is 20.3 Å². The summed E-state index contributed by atoms with van der Waals surface area (Å²) in [7, 11) is 1.95. The standard InChI is InChI=1S/C11H13N5/c1-7-8-3-12-4-9(8)15-11(14-7)10-5-13-6-16(10)2/h5-6,12H,3-4H2,1-2H3. The van der Waals surface area contributed by atoms with Gasteiger partial charge in [-0.3, -0.25) is 0 Å². The molecule has 5 heteroatoms. The van der Waals surface area contributed by atoms with E-state index in [9.17, 15) is 0 Å². The molecule has 2 aromatic rings. The Kier molecular flexibility index (Phi) is 2.00. The van der Waals surface area contributed by atoms with Gasteiger partial charge in [0.1, 0.15) is 5.69 Å². The summed E-state index contributed by atoms with van der Waals surface area (Å²) in [6.45, 7) is 3.75. The second-order valence-corrected chi connectivity index (χ2v) is 4.05. The third-order valence-electron chi connectivity index (χ3n) is 2.94. The summed E-state index contributed by atoms with van der Waals surface area (Å²) in [6, 6.07) is 0. The largest absolute Gasteiger partial charge is 0.331 e. The van der Waals surface area contributed by atoms with Crippen molar-refractivity contribution < 1.29 is 0 Å². The Bertz CT molecular complexity index is 543. The van der Waals surface area contributed by atoms with Crippen molar-refractivity contribution in [1.82, 2.24) is 24.8 Å². The lowest BCUT2D eigenvalue weighted by Crippen LogP contribution is -2.02. The molecule has 0 saturated carbocycles. The molecule has 0 amide bonds. The summed E-state index contributed by atoms with van der Waals surface area (Å²) < 4.78 is 1.93. The van der Waals surface area contributed by atoms with E-state index in [-0.39, 0.29) is 0 Å². The summed E-state index contributed by atoms with van der Waals surface area (Å²) in [4.78, 5) is 13.2. The highest BCUT2D eigenvalue weighted by atomic mass is 15.1. The third-order valence-corrected chi connectivity index (χ3v) is 2.94. The van der Waals surface area contributed by atoms with E-state index < -0.39 is 0 Å². The van der Waals surface area contributed by atoms with Crippen molar-refractivity contribution >= 4 is 0 Å². The average molecular weight is 215 g/mol. The molecule has 0 aromatic carbocycles. The summed E-state index contributed by atoms with van der Waals surface area (Å²) in [5.74, 6) is 0.764. The summed E-state index contributed by atoms with van der Waals surface area (Å²) in [6.07, 6.45) is 3.56. The van der Waals surface area contributed by atoms with Crippen LogP contribution in [0.1, 0.15) is 17.0 Å². The predicted octanol–water partition coefficient (Wildman–Crippen LogP) is 0.789. The molecule has 2 aromatic heterocycles. The van der Waals surface area contributed by atoms with Crippen LogP contribution in [0, 0.1) is 6.92 Å². The maximum absolute atomic E-state index is 4.58. The molecular weight excluding hydrogens is 202 g/mol. The number of hydrogen-bond acceptors (Lipinski definition) is 4. The average Bonchev–Trinajstić information content (AvgIpc) is 2.85. The number of aromatic nitrogens is 4. The van der Waals surface area contributed by atoms with Gasteiger partial charge in [0.25, 0.3) is 0 Å². The molecule has 0 atom stereocenters. The van der Waals surface area contributed by atoms with Crippen molar-refractivity contribution in [3.63, 3.8) is 0 Å². The number of imidazole rings is 1. The van der Waals surface area contributed by atoms with Gasteiger partial charge < -0.3 is 9.88 Å². The molecule has 1 aliphatic heterocycles. The van der Waals surface area contributed by atoms with Gasteiger partial charge in [0, 0.05) is 31.4 Å². The van der Waals surface area contributed by atoms with Gasteiger partial charge in [0.2, 0.25) is 0 Å². The van der Waals surface area contributed by atoms with Gasteiger partial charge in [0.15, 0.2) is 5.82 Å². The van der Waals surface area contributed by atoms with E-state index in [1.54, 1.807) is 12.5 Å². The molecule has 0 radical (unpaired) electrons. The number of nitrogens with zero attached hydrogens (tertiary/aromatic N) is 4. The van der Waals surface area contributed by atoms with Gasteiger partial charge >= 0.3 is 0 Å². The van der Waals surface area contributed by atoms with Crippen LogP contribution < -0.4 is 5.32 Å². The van der Waals surface area contributed by atoms with Crippen molar-refractivity contribution in [2.45, 2.75) is 20.0 Å². The Labute approximate surface area is 93.6 Å². The normalized spacial score (nSPS) is 14.1. The van der Waals surface area contributed by atoms with Gasteiger partial charge in [0.05, 0.1) is 18.2 Å². The van der Waals surface area contributed by atoms with Crippen LogP contribution in [-0.4, -0.2) is 19.5 Å². The molecule has 1 N–H and O–H groups in total. The van der Waals surface area contributed by atoms with Gasteiger partial charge in [-0.25, -0.2) is 15.0 Å². The molecule has 82 valence electrons. The van der Waals surface area contributed by atoms with Crippen LogP contribution in [-0.2, 0) is 20.1 Å². The predicted molar refractivity (Wildman–Crippen MR) is 59.5 cm³/mol. The monoisotopic (exact) mass is 215 g/mol. The molecule has 0 unspecified atom stereocenters. The second kappa shape index (κ2) is 3.38. The molecule has 1 aliphatic rings. The van der Waals surface area contributed by atoms with Crippen molar-refractivity contribution in [2.24, 2.45) is 7.05 Å². The van der Waals surface area contributed by atoms with Crippen molar-refractivity contribution in [1.29, 1.82) is 0 Å². The maximum atomic E-state index is 4.58. The van der Waals surface area contributed by atoms with Crippen LogP contribution in [0.3, 0.4) is 0 Å². The highest BCUT2D eigenvalue weighted by molar-refractivity contribution is 5.50. The topological polar surface area (TPSA) is 55.6 Å². The number of rotatable bonds is 1. The maximum Gasteiger partial charge on any atom is 0.178 e. The Hall–Kier alpha value is -1.75. The van der Waals surface area contributed by atoms with Crippen LogP contribution in [0.4, 0.5) is 0 Å². The van der Waals surface area contributed by atoms with Crippen LogP contribution in [0.5, 0.6) is 0 Å². The number of fused-ring (bicyclic) bond motifs is 1. The van der Waals surface area contributed by atoms with E-state index in [4.69, 9.17) is 0 Å². The molecule has 3 rings (SSSR count). The van der Waals surface area contributed by atoms with Crippen molar-refractivity contribution in [2.75, 3.05) is 0 Å². The van der Waals surface area contributed by atoms with E-state index in [0.29, 0.717) is 0 Å². The molecule has 16 heavy (non-hydrogen) atoms. The van der Waals surface area contributed by atoms with Crippen LogP contribution in [0.15, 0.2) is 12.5 Å². The number of hydrogen-bond donors (Lipinski definition) is 1. The first-order chi connectivity index (χ1) is 7.75. The Morgan fingerprint density at radius 2 is 2.19 bits per heavy atom. The summed E-state index contributed by atoms with van der Waals surface area (Å²) in [5, 5.41) is 3.29. The Morgan fingerprint density at radius 1 is 1.31 bits per heavy atom. The minimum atomic E-state index is 0.764. The molecule has 0 saturated heterocycles. The van der Waals surface area contributed by atoms with Crippen LogP contribution in [0.25, 0.3) is 11.5 Å². The minimum Gasteiger partial charge on any atom is -0.331 e. The van der Waals surface area contributed by atoms with E-state index in [1.165, 1.54) is 5.56 Å². The fourth-order valence-corrected chi connectivity index (χ4v) is 2.02. The van der Waals surface area contributed by atoms with Gasteiger partial charge in [-0.1, -0.05) is 0 Å². The lowest BCUT2D eigenvalue weighted by Gasteiger charge is -2.06. The first-order valence-corrected chi connectivity index (χ1v) is 5.29. The summed E-state index contributed by atoms with van der Waals surface area (Å²) >= 11 is 0. The third kappa shape index (κ3) is 1.32. The fraction of sp³-hybridized carbons (Fsp3) is 0.364. The fourth-order valence-electron chi connectivity index (χ4n) is 2.02. The van der Waals surface area contributed by atoms with Crippen LogP contribution in [0.2, 0.25) is 0 Å². The molecule has 5 nitrogen and oxygen atoms in total. The minimum absolute atomic E-state index is 0.764. The molecule has 0 bridgehead atoms. The first kappa shape index (κ1) is 9.47. The number of aryl methyl sites for hydroxylation is 2. The Morgan fingerprint density at radius 3 is 2.94 bits per heavy atom. The van der Waals surface area contributed by atoms with Crippen molar-refractivity contribution in [3.05, 3.63) is 29.5 Å². The molecule has 0 fully saturated rings. The molecule has 0 aliphatic carbocycles. The second-order valence-electron chi connectivity index (χ2n) is 4.05. The molecule has 3 heterocycles. The van der Waals surface area contributed by atoms with Crippen molar-refractivity contribution in [3.8, 4) is 11.5 Å². The highest BCUT2D eigenvalue weighted by Gasteiger charge is 2.17. The molecule has 0 spiro atoms. The lowest BCUT2D eigenvalue weighted by atomic mass is 10.2. The van der Waals surface area contributed by atoms with Gasteiger partial charge in [-0.2, -0.15) is 0 Å². The zero-order valence-electron chi connectivity index (χ0n) is 9.36. The smallest absolute Gasteiger partial charge is 0.178 e. The zero-order chi connectivity index (χ0) is 11.1. The number of nitrogens with one attached hydrogen (secondary N) is 1. The van der Waals surface area contributed by atoms with Gasteiger partial charge in [-0.15, -0.1) is 0 Å². The summed E-state index contributed by atoms with van der Waals surface area (Å²) in [5.41, 5.74) is 4.37. The quantitative estimate of drug-likeness (QED) is 0.764. The van der Waals surface area contributed by atoms with E-state index >= 15 is 0 Å². The highest BCUT2D eigenvalue weighted by Crippen LogP contribution is 2.21. The van der Waals surface area contributed by atoms with E-state index in [1.807, 2.05) is 18.5 Å². The Balaban J connectivity index is 2.17. The van der Waals surface area contributed by atoms with Gasteiger partial charge in [-0.05, 0) is 6.92 Å². The molecular formula is C11H13N5. The van der Waals surface area contributed by atoms with Crippen LogP contribution >= 0.6 is 0 Å². The first-order valence-electron chi connectivity index (χ1n) is 5.29. The van der Waals surface area contributed by atoms with E-state index in [0.717, 1.165) is 36.0 Å². The lowest BCUT2D eigenvalue weighted by molar-refractivity contribution is 0.756. The SMILES string of the molecule is Cc1nc(-c2cncn2C)nc2c1CNC2. The zero-order valence-corrected chi connectivity index (χ0v) is 9.36.